The Morgan fingerprint density at radius 3 is 2.71 bits per heavy atom. The van der Waals surface area contributed by atoms with Crippen LogP contribution >= 0.6 is 11.3 Å². The van der Waals surface area contributed by atoms with Gasteiger partial charge in [0.1, 0.15) is 5.00 Å². The molecule has 2 N–H and O–H groups in total. The molecule has 1 aromatic heterocycles. The molecule has 0 fully saturated rings. The molecule has 1 aliphatic heterocycles. The lowest BCUT2D eigenvalue weighted by Gasteiger charge is -2.12. The summed E-state index contributed by atoms with van der Waals surface area (Å²) in [7, 11) is 1.61. The Hall–Kier alpha value is -1.89. The SMILES string of the molecule is CNC(=O)c1c(NC(=O)[C@H]2CC(C(C)C)=NO2)sc2c1CCCC2. The van der Waals surface area contributed by atoms with Crippen molar-refractivity contribution in [2.24, 2.45) is 11.1 Å². The number of hydrogen-bond donors (Lipinski definition) is 2. The van der Waals surface area contributed by atoms with Crippen molar-refractivity contribution >= 4 is 33.9 Å². The zero-order valence-electron chi connectivity index (χ0n) is 14.3. The molecule has 24 heavy (non-hydrogen) atoms. The molecule has 7 heteroatoms. The van der Waals surface area contributed by atoms with Crippen molar-refractivity contribution in [1.82, 2.24) is 5.32 Å². The average Bonchev–Trinajstić information content (AvgIpc) is 3.18. The summed E-state index contributed by atoms with van der Waals surface area (Å²) in [5, 5.41) is 10.2. The predicted octanol–water partition coefficient (Wildman–Crippen LogP) is 2.73. The first-order chi connectivity index (χ1) is 11.5. The van der Waals surface area contributed by atoms with Gasteiger partial charge in [-0.1, -0.05) is 19.0 Å². The molecule has 1 aliphatic carbocycles. The molecular weight excluding hydrogens is 326 g/mol. The van der Waals surface area contributed by atoms with Gasteiger partial charge in [0.15, 0.2) is 0 Å². The fraction of sp³-hybridized carbons (Fsp3) is 0.588. The highest BCUT2D eigenvalue weighted by atomic mass is 32.1. The molecule has 2 amide bonds. The van der Waals surface area contributed by atoms with Crippen LogP contribution in [0.3, 0.4) is 0 Å². The second-order valence-corrected chi connectivity index (χ2v) is 7.62. The lowest BCUT2D eigenvalue weighted by molar-refractivity contribution is -0.125. The van der Waals surface area contributed by atoms with Crippen LogP contribution in [0.1, 0.15) is 53.9 Å². The van der Waals surface area contributed by atoms with E-state index in [1.165, 1.54) is 16.2 Å². The Balaban J connectivity index is 1.79. The minimum absolute atomic E-state index is 0.142. The molecule has 1 atom stereocenters. The third-order valence-corrected chi connectivity index (χ3v) is 5.72. The summed E-state index contributed by atoms with van der Waals surface area (Å²) >= 11 is 1.51. The zero-order chi connectivity index (χ0) is 17.3. The fourth-order valence-corrected chi connectivity index (χ4v) is 4.38. The number of rotatable bonds is 4. The van der Waals surface area contributed by atoms with E-state index >= 15 is 0 Å². The summed E-state index contributed by atoms with van der Waals surface area (Å²) in [6, 6.07) is 0. The van der Waals surface area contributed by atoms with Gasteiger partial charge in [-0.15, -0.1) is 11.3 Å². The van der Waals surface area contributed by atoms with Gasteiger partial charge in [-0.25, -0.2) is 0 Å². The summed E-state index contributed by atoms with van der Waals surface area (Å²) in [6.07, 6.45) is 3.97. The number of carbonyl (C=O) groups excluding carboxylic acids is 2. The van der Waals surface area contributed by atoms with Crippen molar-refractivity contribution in [2.45, 2.75) is 52.1 Å². The van der Waals surface area contributed by atoms with E-state index in [-0.39, 0.29) is 17.7 Å². The number of aryl methyl sites for hydroxylation is 1. The van der Waals surface area contributed by atoms with E-state index in [1.54, 1.807) is 7.05 Å². The summed E-state index contributed by atoms with van der Waals surface area (Å²) < 4.78 is 0. The van der Waals surface area contributed by atoms with Gasteiger partial charge in [-0.2, -0.15) is 0 Å². The number of anilines is 1. The first kappa shape index (κ1) is 17.0. The number of fused-ring (bicyclic) bond motifs is 1. The van der Waals surface area contributed by atoms with Crippen LogP contribution in [0.2, 0.25) is 0 Å². The molecule has 2 aliphatic rings. The molecule has 2 heterocycles. The van der Waals surface area contributed by atoms with Crippen molar-refractivity contribution in [3.63, 3.8) is 0 Å². The molecule has 0 saturated carbocycles. The molecular formula is C17H23N3O3S. The summed E-state index contributed by atoms with van der Waals surface area (Å²) in [5.74, 6) is -0.118. The summed E-state index contributed by atoms with van der Waals surface area (Å²) in [4.78, 5) is 31.3. The van der Waals surface area contributed by atoms with Crippen LogP contribution in [0.25, 0.3) is 0 Å². The third-order valence-electron chi connectivity index (χ3n) is 4.51. The maximum absolute atomic E-state index is 12.5. The highest BCUT2D eigenvalue weighted by Gasteiger charge is 2.32. The minimum Gasteiger partial charge on any atom is -0.382 e. The van der Waals surface area contributed by atoms with Gasteiger partial charge >= 0.3 is 0 Å². The molecule has 0 spiro atoms. The van der Waals surface area contributed by atoms with E-state index in [2.05, 4.69) is 15.8 Å². The molecule has 1 aromatic rings. The number of amides is 2. The summed E-state index contributed by atoms with van der Waals surface area (Å²) in [6.45, 7) is 4.05. The van der Waals surface area contributed by atoms with E-state index in [0.29, 0.717) is 17.0 Å². The van der Waals surface area contributed by atoms with Crippen LogP contribution < -0.4 is 10.6 Å². The van der Waals surface area contributed by atoms with Gasteiger partial charge in [0.25, 0.3) is 11.8 Å². The first-order valence-corrected chi connectivity index (χ1v) is 9.23. The highest BCUT2D eigenvalue weighted by molar-refractivity contribution is 7.17. The Bertz CT molecular complexity index is 693. The van der Waals surface area contributed by atoms with Gasteiger partial charge in [-0.05, 0) is 37.2 Å². The lowest BCUT2D eigenvalue weighted by atomic mass is 9.95. The minimum atomic E-state index is -0.612. The van der Waals surface area contributed by atoms with Crippen molar-refractivity contribution in [3.05, 3.63) is 16.0 Å². The Morgan fingerprint density at radius 1 is 1.29 bits per heavy atom. The van der Waals surface area contributed by atoms with Crippen LogP contribution in [0.15, 0.2) is 5.16 Å². The van der Waals surface area contributed by atoms with Gasteiger partial charge in [0, 0.05) is 18.3 Å². The lowest BCUT2D eigenvalue weighted by Crippen LogP contribution is -2.29. The molecule has 0 unspecified atom stereocenters. The van der Waals surface area contributed by atoms with Crippen LogP contribution in [-0.4, -0.2) is 30.7 Å². The second-order valence-electron chi connectivity index (χ2n) is 6.52. The quantitative estimate of drug-likeness (QED) is 0.877. The normalized spacial score (nSPS) is 19.5. The number of oxime groups is 1. The largest absolute Gasteiger partial charge is 0.382 e. The Labute approximate surface area is 145 Å². The van der Waals surface area contributed by atoms with E-state index < -0.39 is 6.10 Å². The van der Waals surface area contributed by atoms with Gasteiger partial charge in [-0.3, -0.25) is 9.59 Å². The Kier molecular flexibility index (Phi) is 4.89. The third kappa shape index (κ3) is 3.17. The van der Waals surface area contributed by atoms with Crippen LogP contribution in [-0.2, 0) is 22.5 Å². The molecule has 3 rings (SSSR count). The predicted molar refractivity (Wildman–Crippen MR) is 94.7 cm³/mol. The standard InChI is InChI=1S/C17H23N3O3S/c1-9(2)11-8-12(23-20-11)15(21)19-17-14(16(22)18-3)10-6-4-5-7-13(10)24-17/h9,12H,4-8H2,1-3H3,(H,18,22)(H,19,21)/t12-/m1/s1. The fourth-order valence-electron chi connectivity index (χ4n) is 3.09. The average molecular weight is 349 g/mol. The van der Waals surface area contributed by atoms with Crippen LogP contribution in [0.5, 0.6) is 0 Å². The van der Waals surface area contributed by atoms with E-state index in [1.807, 2.05) is 13.8 Å². The van der Waals surface area contributed by atoms with Crippen LogP contribution in [0, 0.1) is 5.92 Å². The topological polar surface area (TPSA) is 79.8 Å². The zero-order valence-corrected chi connectivity index (χ0v) is 15.1. The molecule has 6 nitrogen and oxygen atoms in total. The van der Waals surface area contributed by atoms with Gasteiger partial charge < -0.3 is 15.5 Å². The molecule has 0 aromatic carbocycles. The number of thiophene rings is 1. The smallest absolute Gasteiger partial charge is 0.269 e. The summed E-state index contributed by atoms with van der Waals surface area (Å²) in [5.41, 5.74) is 2.60. The number of nitrogens with one attached hydrogen (secondary N) is 2. The maximum atomic E-state index is 12.5. The highest BCUT2D eigenvalue weighted by Crippen LogP contribution is 2.38. The number of carbonyl (C=O) groups is 2. The van der Waals surface area contributed by atoms with Gasteiger partial charge in [0.05, 0.1) is 11.3 Å². The number of nitrogens with zero attached hydrogens (tertiary/aromatic N) is 1. The molecule has 130 valence electrons. The molecule has 0 bridgehead atoms. The maximum Gasteiger partial charge on any atom is 0.269 e. The van der Waals surface area contributed by atoms with Crippen LogP contribution in [0.4, 0.5) is 5.00 Å². The first-order valence-electron chi connectivity index (χ1n) is 8.41. The van der Waals surface area contributed by atoms with Crippen molar-refractivity contribution in [1.29, 1.82) is 0 Å². The van der Waals surface area contributed by atoms with Crippen molar-refractivity contribution in [2.75, 3.05) is 12.4 Å². The Morgan fingerprint density at radius 2 is 2.04 bits per heavy atom. The van der Waals surface area contributed by atoms with Gasteiger partial charge in [0.2, 0.25) is 6.10 Å². The van der Waals surface area contributed by atoms with E-state index in [0.717, 1.165) is 37.0 Å². The van der Waals surface area contributed by atoms with E-state index in [9.17, 15) is 9.59 Å². The second kappa shape index (κ2) is 6.93. The van der Waals surface area contributed by atoms with Crippen molar-refractivity contribution in [3.8, 4) is 0 Å². The molecule has 0 radical (unpaired) electrons. The number of hydrogen-bond acceptors (Lipinski definition) is 5. The molecule has 0 saturated heterocycles. The van der Waals surface area contributed by atoms with E-state index in [4.69, 9.17) is 4.84 Å². The van der Waals surface area contributed by atoms with Crippen molar-refractivity contribution < 1.29 is 14.4 Å². The monoisotopic (exact) mass is 349 g/mol.